The number of thiophene rings is 1. The lowest BCUT2D eigenvalue weighted by molar-refractivity contribution is -0.129. The van der Waals surface area contributed by atoms with Gasteiger partial charge in [-0.3, -0.25) is 14.8 Å². The second kappa shape index (κ2) is 7.87. The third-order valence-corrected chi connectivity index (χ3v) is 5.09. The monoisotopic (exact) mass is 349 g/mol. The zero-order valence-corrected chi connectivity index (χ0v) is 14.8. The van der Waals surface area contributed by atoms with Gasteiger partial charge >= 0.3 is 0 Å². The second-order valence-corrected chi connectivity index (χ2v) is 6.85. The highest BCUT2D eigenvalue weighted by Crippen LogP contribution is 2.21. The van der Waals surface area contributed by atoms with E-state index >= 15 is 0 Å². The van der Waals surface area contributed by atoms with E-state index in [0.29, 0.717) is 25.5 Å². The number of H-pyrrole nitrogens is 1. The zero-order chi connectivity index (χ0) is 16.9. The zero-order valence-electron chi connectivity index (χ0n) is 14.0. The molecule has 0 spiro atoms. The summed E-state index contributed by atoms with van der Waals surface area (Å²) in [5.41, 5.74) is 0. The molecule has 24 heavy (non-hydrogen) atoms. The van der Waals surface area contributed by atoms with Crippen molar-refractivity contribution < 1.29 is 9.53 Å². The van der Waals surface area contributed by atoms with Crippen LogP contribution >= 0.6 is 11.3 Å². The molecule has 3 heterocycles. The molecule has 0 unspecified atom stereocenters. The SMILES string of the molecule is CCc1nc([C@@H]2CN([C@@H](C)C(=O)NCc3cccs3)CCO2)n[nH]1. The molecule has 2 atom stereocenters. The first-order valence-corrected chi connectivity index (χ1v) is 9.12. The summed E-state index contributed by atoms with van der Waals surface area (Å²) in [4.78, 5) is 20.1. The molecule has 0 aliphatic carbocycles. The molecule has 1 amide bonds. The van der Waals surface area contributed by atoms with E-state index in [0.717, 1.165) is 23.7 Å². The minimum absolute atomic E-state index is 0.0354. The molecule has 1 aliphatic heterocycles. The number of nitrogens with one attached hydrogen (secondary N) is 2. The van der Waals surface area contributed by atoms with E-state index in [1.165, 1.54) is 0 Å². The summed E-state index contributed by atoms with van der Waals surface area (Å²) in [5, 5.41) is 12.2. The molecule has 0 aromatic carbocycles. The number of carbonyl (C=O) groups is 1. The van der Waals surface area contributed by atoms with Gasteiger partial charge in [0.25, 0.3) is 0 Å². The van der Waals surface area contributed by atoms with Gasteiger partial charge < -0.3 is 10.1 Å². The van der Waals surface area contributed by atoms with Crippen LogP contribution in [0, 0.1) is 0 Å². The third-order valence-electron chi connectivity index (χ3n) is 4.21. The topological polar surface area (TPSA) is 83.1 Å². The van der Waals surface area contributed by atoms with Gasteiger partial charge in [-0.25, -0.2) is 4.98 Å². The van der Waals surface area contributed by atoms with Crippen LogP contribution in [0.5, 0.6) is 0 Å². The quantitative estimate of drug-likeness (QED) is 0.826. The Morgan fingerprint density at radius 2 is 2.50 bits per heavy atom. The van der Waals surface area contributed by atoms with Gasteiger partial charge in [-0.1, -0.05) is 13.0 Å². The number of nitrogens with zero attached hydrogens (tertiary/aromatic N) is 3. The van der Waals surface area contributed by atoms with Crippen molar-refractivity contribution in [1.29, 1.82) is 0 Å². The summed E-state index contributed by atoms with van der Waals surface area (Å²) in [5.74, 6) is 1.56. The number of amides is 1. The van der Waals surface area contributed by atoms with Crippen molar-refractivity contribution in [3.05, 3.63) is 34.0 Å². The molecule has 1 fully saturated rings. The maximum atomic E-state index is 12.4. The average molecular weight is 349 g/mol. The number of morpholine rings is 1. The molecule has 1 aliphatic rings. The third kappa shape index (κ3) is 4.00. The minimum Gasteiger partial charge on any atom is -0.367 e. The summed E-state index contributed by atoms with van der Waals surface area (Å²) >= 11 is 1.65. The molecule has 2 aromatic heterocycles. The Balaban J connectivity index is 1.55. The standard InChI is InChI=1S/C16H23N5O2S/c1-3-14-18-15(20-19-14)13-10-21(6-7-23-13)11(2)16(22)17-9-12-5-4-8-24-12/h4-5,8,11,13H,3,6-7,9-10H2,1-2H3,(H,17,22)(H,18,19,20)/t11-,13-/m0/s1. The van der Waals surface area contributed by atoms with Crippen LogP contribution in [0.25, 0.3) is 0 Å². The maximum Gasteiger partial charge on any atom is 0.237 e. The Morgan fingerprint density at radius 3 is 3.21 bits per heavy atom. The fourth-order valence-electron chi connectivity index (χ4n) is 2.69. The Hall–Kier alpha value is -1.77. The van der Waals surface area contributed by atoms with Crippen molar-refractivity contribution in [2.45, 2.75) is 39.0 Å². The summed E-state index contributed by atoms with van der Waals surface area (Å²) in [7, 11) is 0. The molecule has 130 valence electrons. The number of hydrogen-bond acceptors (Lipinski definition) is 6. The number of aromatic amines is 1. The lowest BCUT2D eigenvalue weighted by Crippen LogP contribution is -2.50. The van der Waals surface area contributed by atoms with E-state index in [1.54, 1.807) is 11.3 Å². The highest BCUT2D eigenvalue weighted by atomic mass is 32.1. The Bertz CT molecular complexity index is 657. The molecule has 3 rings (SSSR count). The second-order valence-electron chi connectivity index (χ2n) is 5.82. The van der Waals surface area contributed by atoms with E-state index < -0.39 is 0 Å². The van der Waals surface area contributed by atoms with E-state index in [9.17, 15) is 4.79 Å². The summed E-state index contributed by atoms with van der Waals surface area (Å²) in [6.07, 6.45) is 0.619. The summed E-state index contributed by atoms with van der Waals surface area (Å²) in [6.45, 7) is 6.46. The van der Waals surface area contributed by atoms with Gasteiger partial charge in [0.15, 0.2) is 5.82 Å². The molecular weight excluding hydrogens is 326 g/mol. The summed E-state index contributed by atoms with van der Waals surface area (Å²) < 4.78 is 5.78. The molecule has 2 aromatic rings. The Morgan fingerprint density at radius 1 is 1.62 bits per heavy atom. The number of rotatable bonds is 6. The number of ether oxygens (including phenoxy) is 1. The van der Waals surface area contributed by atoms with Crippen LogP contribution in [0.3, 0.4) is 0 Å². The van der Waals surface area contributed by atoms with Crippen molar-refractivity contribution in [3.63, 3.8) is 0 Å². The van der Waals surface area contributed by atoms with E-state index in [1.807, 2.05) is 31.4 Å². The van der Waals surface area contributed by atoms with Gasteiger partial charge in [0, 0.05) is 24.4 Å². The van der Waals surface area contributed by atoms with Crippen molar-refractivity contribution >= 4 is 17.2 Å². The summed E-state index contributed by atoms with van der Waals surface area (Å²) in [6, 6.07) is 3.80. The highest BCUT2D eigenvalue weighted by molar-refractivity contribution is 7.09. The Labute approximate surface area is 145 Å². The number of aromatic nitrogens is 3. The number of carbonyl (C=O) groups excluding carboxylic acids is 1. The fourth-order valence-corrected chi connectivity index (χ4v) is 3.33. The van der Waals surface area contributed by atoms with Crippen molar-refractivity contribution in [2.24, 2.45) is 0 Å². The predicted molar refractivity (Wildman–Crippen MR) is 91.7 cm³/mol. The molecule has 1 saturated heterocycles. The van der Waals surface area contributed by atoms with Gasteiger partial charge in [-0.2, -0.15) is 5.10 Å². The van der Waals surface area contributed by atoms with Gasteiger partial charge in [0.05, 0.1) is 19.2 Å². The van der Waals surface area contributed by atoms with Gasteiger partial charge in [0.2, 0.25) is 5.91 Å². The van der Waals surface area contributed by atoms with Crippen molar-refractivity contribution in [1.82, 2.24) is 25.4 Å². The molecule has 0 bridgehead atoms. The van der Waals surface area contributed by atoms with Crippen LogP contribution < -0.4 is 5.32 Å². The molecule has 0 radical (unpaired) electrons. The minimum atomic E-state index is -0.207. The van der Waals surface area contributed by atoms with Gasteiger partial charge in [-0.05, 0) is 18.4 Å². The lowest BCUT2D eigenvalue weighted by atomic mass is 10.2. The average Bonchev–Trinajstić information content (AvgIpc) is 3.30. The van der Waals surface area contributed by atoms with Gasteiger partial charge in [0.1, 0.15) is 11.9 Å². The first kappa shape index (κ1) is 17.1. The normalized spacial score (nSPS) is 20.0. The number of aryl methyl sites for hydroxylation is 1. The van der Waals surface area contributed by atoms with Crippen LogP contribution in [-0.4, -0.2) is 51.7 Å². The molecule has 7 nitrogen and oxygen atoms in total. The van der Waals surface area contributed by atoms with Crippen LogP contribution in [0.15, 0.2) is 17.5 Å². The highest BCUT2D eigenvalue weighted by Gasteiger charge is 2.30. The van der Waals surface area contributed by atoms with Crippen LogP contribution in [-0.2, 0) is 22.5 Å². The molecular formula is C16H23N5O2S. The molecule has 2 N–H and O–H groups in total. The predicted octanol–water partition coefficient (Wildman–Crippen LogP) is 1.51. The molecule has 0 saturated carbocycles. The maximum absolute atomic E-state index is 12.4. The van der Waals surface area contributed by atoms with Crippen LogP contribution in [0.4, 0.5) is 0 Å². The van der Waals surface area contributed by atoms with Crippen molar-refractivity contribution in [2.75, 3.05) is 19.7 Å². The Kier molecular flexibility index (Phi) is 5.60. The largest absolute Gasteiger partial charge is 0.367 e. The van der Waals surface area contributed by atoms with E-state index in [4.69, 9.17) is 4.74 Å². The first-order chi connectivity index (χ1) is 11.7. The van der Waals surface area contributed by atoms with Crippen LogP contribution in [0.1, 0.15) is 36.5 Å². The van der Waals surface area contributed by atoms with Crippen LogP contribution in [0.2, 0.25) is 0 Å². The fraction of sp³-hybridized carbons (Fsp3) is 0.562. The lowest BCUT2D eigenvalue weighted by Gasteiger charge is -2.35. The number of hydrogen-bond donors (Lipinski definition) is 2. The molecule has 8 heteroatoms. The smallest absolute Gasteiger partial charge is 0.237 e. The van der Waals surface area contributed by atoms with E-state index in [-0.39, 0.29) is 18.1 Å². The first-order valence-electron chi connectivity index (χ1n) is 8.24. The van der Waals surface area contributed by atoms with Crippen molar-refractivity contribution in [3.8, 4) is 0 Å². The van der Waals surface area contributed by atoms with E-state index in [2.05, 4.69) is 25.4 Å². The van der Waals surface area contributed by atoms with Gasteiger partial charge in [-0.15, -0.1) is 11.3 Å².